The summed E-state index contributed by atoms with van der Waals surface area (Å²) in [4.78, 5) is 26.9. The number of hydrogen-bond donors (Lipinski definition) is 0. The Kier molecular flexibility index (Phi) is 4.91. The van der Waals surface area contributed by atoms with Crippen LogP contribution in [0, 0.1) is 5.82 Å². The lowest BCUT2D eigenvalue weighted by molar-refractivity contribution is 0.0702. The molecule has 4 heterocycles. The minimum absolute atomic E-state index is 0.154. The molecule has 3 aromatic rings. The van der Waals surface area contributed by atoms with E-state index in [4.69, 9.17) is 0 Å². The Bertz CT molecular complexity index is 927. The highest BCUT2D eigenvalue weighted by atomic mass is 19.1. The minimum atomic E-state index is -0.498. The van der Waals surface area contributed by atoms with Crippen molar-refractivity contribution in [3.8, 4) is 0 Å². The van der Waals surface area contributed by atoms with Gasteiger partial charge in [0.1, 0.15) is 11.6 Å². The Morgan fingerprint density at radius 1 is 1.19 bits per heavy atom. The highest BCUT2D eigenvalue weighted by Crippen LogP contribution is 2.27. The van der Waals surface area contributed by atoms with Crippen LogP contribution in [0.4, 0.5) is 4.39 Å². The third-order valence-corrected chi connectivity index (χ3v) is 4.88. The standard InChI is InChI=1S/C20H20FN5O/c21-18-10-17(11-23-12-18)20(27)26-8-1-2-16(14-26)19-24-7-9-25(19)13-15-3-5-22-6-4-15/h3-7,9-12,16H,1-2,8,13-14H2. The van der Waals surface area contributed by atoms with Crippen LogP contribution in [0.25, 0.3) is 0 Å². The number of amides is 1. The Hall–Kier alpha value is -3.09. The molecule has 6 nitrogen and oxygen atoms in total. The maximum atomic E-state index is 13.4. The van der Waals surface area contributed by atoms with Gasteiger partial charge in [0.15, 0.2) is 0 Å². The first kappa shape index (κ1) is 17.3. The van der Waals surface area contributed by atoms with E-state index in [0.717, 1.165) is 37.0 Å². The molecular formula is C20H20FN5O. The van der Waals surface area contributed by atoms with Crippen molar-refractivity contribution in [1.82, 2.24) is 24.4 Å². The second-order valence-electron chi connectivity index (χ2n) is 6.75. The average molecular weight is 365 g/mol. The number of aromatic nitrogens is 4. The van der Waals surface area contributed by atoms with Gasteiger partial charge in [0, 0.05) is 56.5 Å². The first-order valence-corrected chi connectivity index (χ1v) is 9.00. The summed E-state index contributed by atoms with van der Waals surface area (Å²) in [6.45, 7) is 1.95. The molecule has 0 radical (unpaired) electrons. The summed E-state index contributed by atoms with van der Waals surface area (Å²) in [5.41, 5.74) is 1.44. The number of hydrogen-bond acceptors (Lipinski definition) is 4. The maximum absolute atomic E-state index is 13.4. The molecule has 1 aliphatic heterocycles. The molecule has 27 heavy (non-hydrogen) atoms. The average Bonchev–Trinajstić information content (AvgIpc) is 3.16. The smallest absolute Gasteiger partial charge is 0.255 e. The summed E-state index contributed by atoms with van der Waals surface area (Å²) in [6.07, 6.45) is 11.7. The van der Waals surface area contributed by atoms with Crippen molar-refractivity contribution < 1.29 is 9.18 Å². The molecule has 1 unspecified atom stereocenters. The van der Waals surface area contributed by atoms with Crippen molar-refractivity contribution in [2.24, 2.45) is 0 Å². The Balaban J connectivity index is 1.51. The number of nitrogens with zero attached hydrogens (tertiary/aromatic N) is 5. The van der Waals surface area contributed by atoms with Gasteiger partial charge in [-0.15, -0.1) is 0 Å². The molecule has 0 saturated carbocycles. The molecule has 138 valence electrons. The molecule has 0 aromatic carbocycles. The number of carbonyl (C=O) groups excluding carboxylic acids is 1. The van der Waals surface area contributed by atoms with Crippen LogP contribution in [0.2, 0.25) is 0 Å². The lowest BCUT2D eigenvalue weighted by atomic mass is 9.96. The van der Waals surface area contributed by atoms with Crippen LogP contribution in [0.5, 0.6) is 0 Å². The van der Waals surface area contributed by atoms with E-state index in [0.29, 0.717) is 13.1 Å². The van der Waals surface area contributed by atoms with E-state index in [-0.39, 0.29) is 17.4 Å². The lowest BCUT2D eigenvalue weighted by Gasteiger charge is -2.32. The van der Waals surface area contributed by atoms with Crippen LogP contribution in [0.3, 0.4) is 0 Å². The molecule has 1 aliphatic rings. The summed E-state index contributed by atoms with van der Waals surface area (Å²) in [6, 6.07) is 5.21. The first-order valence-electron chi connectivity index (χ1n) is 9.00. The van der Waals surface area contributed by atoms with Crippen LogP contribution < -0.4 is 0 Å². The number of likely N-dealkylation sites (tertiary alicyclic amines) is 1. The van der Waals surface area contributed by atoms with Crippen LogP contribution in [0.1, 0.15) is 40.5 Å². The van der Waals surface area contributed by atoms with E-state index in [1.165, 1.54) is 12.3 Å². The van der Waals surface area contributed by atoms with Crippen molar-refractivity contribution in [3.05, 3.63) is 78.1 Å². The fourth-order valence-corrected chi connectivity index (χ4v) is 3.58. The van der Waals surface area contributed by atoms with E-state index in [1.807, 2.05) is 18.3 Å². The Morgan fingerprint density at radius 2 is 2.04 bits per heavy atom. The summed E-state index contributed by atoms with van der Waals surface area (Å²) in [7, 11) is 0. The van der Waals surface area contributed by atoms with Crippen LogP contribution in [0.15, 0.2) is 55.4 Å². The Labute approximate surface area is 156 Å². The lowest BCUT2D eigenvalue weighted by Crippen LogP contribution is -2.39. The molecule has 1 atom stereocenters. The number of piperidine rings is 1. The molecule has 7 heteroatoms. The number of carbonyl (C=O) groups is 1. The van der Waals surface area contributed by atoms with Gasteiger partial charge in [0.25, 0.3) is 5.91 Å². The monoisotopic (exact) mass is 365 g/mol. The zero-order valence-electron chi connectivity index (χ0n) is 14.8. The van der Waals surface area contributed by atoms with Gasteiger partial charge >= 0.3 is 0 Å². The van der Waals surface area contributed by atoms with Gasteiger partial charge in [0.05, 0.1) is 11.8 Å². The van der Waals surface area contributed by atoms with Gasteiger partial charge in [-0.2, -0.15) is 0 Å². The third kappa shape index (κ3) is 3.86. The van der Waals surface area contributed by atoms with Crippen LogP contribution in [-0.4, -0.2) is 43.4 Å². The van der Waals surface area contributed by atoms with E-state index in [1.54, 1.807) is 23.5 Å². The SMILES string of the molecule is O=C(c1cncc(F)c1)N1CCCC(c2nccn2Cc2ccncc2)C1. The van der Waals surface area contributed by atoms with E-state index in [9.17, 15) is 9.18 Å². The largest absolute Gasteiger partial charge is 0.338 e. The van der Waals surface area contributed by atoms with Gasteiger partial charge in [-0.1, -0.05) is 0 Å². The first-order chi connectivity index (χ1) is 13.2. The van der Waals surface area contributed by atoms with Crippen LogP contribution in [-0.2, 0) is 6.54 Å². The summed E-state index contributed by atoms with van der Waals surface area (Å²) in [5, 5.41) is 0. The second-order valence-corrected chi connectivity index (χ2v) is 6.75. The predicted octanol–water partition coefficient (Wildman–Crippen LogP) is 2.88. The quantitative estimate of drug-likeness (QED) is 0.713. The van der Waals surface area contributed by atoms with Crippen molar-refractivity contribution in [3.63, 3.8) is 0 Å². The number of imidazole rings is 1. The third-order valence-electron chi connectivity index (χ3n) is 4.88. The summed E-state index contributed by atoms with van der Waals surface area (Å²) >= 11 is 0. The summed E-state index contributed by atoms with van der Waals surface area (Å²) in [5.74, 6) is 0.448. The molecule has 1 saturated heterocycles. The van der Waals surface area contributed by atoms with Gasteiger partial charge in [-0.25, -0.2) is 9.37 Å². The maximum Gasteiger partial charge on any atom is 0.255 e. The molecule has 3 aromatic heterocycles. The molecule has 0 aliphatic carbocycles. The number of halogens is 1. The highest BCUT2D eigenvalue weighted by Gasteiger charge is 2.28. The number of pyridine rings is 2. The van der Waals surface area contributed by atoms with Gasteiger partial charge < -0.3 is 9.47 Å². The topological polar surface area (TPSA) is 63.9 Å². The molecule has 1 fully saturated rings. The van der Waals surface area contributed by atoms with Crippen molar-refractivity contribution in [1.29, 1.82) is 0 Å². The number of rotatable bonds is 4. The zero-order chi connectivity index (χ0) is 18.6. The molecule has 1 amide bonds. The van der Waals surface area contributed by atoms with Crippen LogP contribution >= 0.6 is 0 Å². The zero-order valence-corrected chi connectivity index (χ0v) is 14.8. The molecule has 4 rings (SSSR count). The summed E-state index contributed by atoms with van der Waals surface area (Å²) < 4.78 is 15.5. The van der Waals surface area contributed by atoms with E-state index >= 15 is 0 Å². The van der Waals surface area contributed by atoms with E-state index < -0.39 is 5.82 Å². The highest BCUT2D eigenvalue weighted by molar-refractivity contribution is 5.94. The van der Waals surface area contributed by atoms with Crippen molar-refractivity contribution >= 4 is 5.91 Å². The van der Waals surface area contributed by atoms with Crippen molar-refractivity contribution in [2.75, 3.05) is 13.1 Å². The normalized spacial score (nSPS) is 17.1. The fraction of sp³-hybridized carbons (Fsp3) is 0.300. The second kappa shape index (κ2) is 7.65. The van der Waals surface area contributed by atoms with Crippen molar-refractivity contribution in [2.45, 2.75) is 25.3 Å². The van der Waals surface area contributed by atoms with E-state index in [2.05, 4.69) is 19.5 Å². The van der Waals surface area contributed by atoms with Gasteiger partial charge in [0.2, 0.25) is 0 Å². The molecule has 0 spiro atoms. The Morgan fingerprint density at radius 3 is 2.85 bits per heavy atom. The minimum Gasteiger partial charge on any atom is -0.338 e. The predicted molar refractivity (Wildman–Crippen MR) is 97.6 cm³/mol. The van der Waals surface area contributed by atoms with Gasteiger partial charge in [-0.05, 0) is 36.6 Å². The molecule has 0 bridgehead atoms. The molecule has 0 N–H and O–H groups in total. The fourth-order valence-electron chi connectivity index (χ4n) is 3.58. The van der Waals surface area contributed by atoms with Gasteiger partial charge in [-0.3, -0.25) is 14.8 Å². The molecular weight excluding hydrogens is 345 g/mol.